The molecule has 4 aromatic rings. The number of aromatic nitrogens is 1. The Balaban J connectivity index is 0.00000141. The van der Waals surface area contributed by atoms with Gasteiger partial charge in [-0.3, -0.25) is 14.9 Å². The molecular weight excluding hydrogens is 457 g/mol. The van der Waals surface area contributed by atoms with E-state index in [4.69, 9.17) is 27.6 Å². The van der Waals surface area contributed by atoms with Gasteiger partial charge in [-0.15, -0.1) is 0 Å². The molecular formula is C22H17Cl2N3O5. The zero-order valence-corrected chi connectivity index (χ0v) is 18.4. The van der Waals surface area contributed by atoms with Gasteiger partial charge in [0.25, 0.3) is 11.6 Å². The molecule has 8 nitrogen and oxygen atoms in total. The molecule has 164 valence electrons. The zero-order chi connectivity index (χ0) is 23.4. The first-order valence-corrected chi connectivity index (χ1v) is 10.2. The summed E-state index contributed by atoms with van der Waals surface area (Å²) in [7, 11) is 0. The highest BCUT2D eigenvalue weighted by atomic mass is 35.5. The number of aromatic hydroxyl groups is 1. The van der Waals surface area contributed by atoms with Crippen molar-refractivity contribution in [2.45, 2.75) is 13.8 Å². The van der Waals surface area contributed by atoms with Gasteiger partial charge in [-0.1, -0.05) is 49.2 Å². The number of amides is 1. The van der Waals surface area contributed by atoms with E-state index in [2.05, 4.69) is 10.3 Å². The van der Waals surface area contributed by atoms with Crippen molar-refractivity contribution in [1.29, 1.82) is 0 Å². The smallest absolute Gasteiger partial charge is 0.271 e. The molecule has 4 rings (SSSR count). The number of hydrogen-bond acceptors (Lipinski definition) is 6. The average molecular weight is 474 g/mol. The van der Waals surface area contributed by atoms with Crippen LogP contribution in [0.5, 0.6) is 5.75 Å². The van der Waals surface area contributed by atoms with E-state index in [0.29, 0.717) is 16.7 Å². The van der Waals surface area contributed by atoms with Gasteiger partial charge < -0.3 is 14.8 Å². The van der Waals surface area contributed by atoms with Gasteiger partial charge in [0.1, 0.15) is 11.3 Å². The van der Waals surface area contributed by atoms with Gasteiger partial charge in [0.05, 0.1) is 31.8 Å². The molecule has 0 bridgehead atoms. The third-order valence-electron chi connectivity index (χ3n) is 4.27. The molecule has 3 aromatic carbocycles. The Labute approximate surface area is 192 Å². The highest BCUT2D eigenvalue weighted by Crippen LogP contribution is 2.35. The lowest BCUT2D eigenvalue weighted by molar-refractivity contribution is -0.384. The number of phenols is 1. The first-order chi connectivity index (χ1) is 15.3. The van der Waals surface area contributed by atoms with E-state index in [-0.39, 0.29) is 38.6 Å². The fourth-order valence-electron chi connectivity index (χ4n) is 2.80. The summed E-state index contributed by atoms with van der Waals surface area (Å²) in [5.41, 5.74) is 1.30. The minimum atomic E-state index is -0.700. The van der Waals surface area contributed by atoms with E-state index < -0.39 is 10.8 Å². The standard InChI is InChI=1S/C20H11Cl2N3O5.C2H6/c21-13-8-12(19(27)23-15-6-5-10(25(28)29)7-14(15)22)17(26)9-11(13)20-24-16-3-1-2-4-18(16)30-20;1-2/h1-9,26H,(H,23,27);1-2H3. The molecule has 1 heterocycles. The number of nitrogens with one attached hydrogen (secondary N) is 1. The average Bonchev–Trinajstić information content (AvgIpc) is 3.21. The van der Waals surface area contributed by atoms with Gasteiger partial charge in [0, 0.05) is 12.1 Å². The second kappa shape index (κ2) is 9.67. The second-order valence-corrected chi connectivity index (χ2v) is 7.03. The molecule has 0 fully saturated rings. The summed E-state index contributed by atoms with van der Waals surface area (Å²) in [6.45, 7) is 4.00. The number of carbonyl (C=O) groups excluding carboxylic acids is 1. The van der Waals surface area contributed by atoms with E-state index >= 15 is 0 Å². The summed E-state index contributed by atoms with van der Waals surface area (Å²) in [5.74, 6) is -0.858. The molecule has 0 unspecified atom stereocenters. The van der Waals surface area contributed by atoms with Gasteiger partial charge in [-0.25, -0.2) is 4.98 Å². The van der Waals surface area contributed by atoms with Crippen LogP contribution in [0.4, 0.5) is 11.4 Å². The quantitative estimate of drug-likeness (QED) is 0.251. The molecule has 0 aliphatic rings. The third kappa shape index (κ3) is 4.66. The largest absolute Gasteiger partial charge is 0.507 e. The van der Waals surface area contributed by atoms with Crippen molar-refractivity contribution in [3.8, 4) is 17.2 Å². The number of benzene rings is 3. The van der Waals surface area contributed by atoms with Crippen LogP contribution in [-0.2, 0) is 0 Å². The van der Waals surface area contributed by atoms with Crippen molar-refractivity contribution in [3.63, 3.8) is 0 Å². The maximum atomic E-state index is 12.6. The molecule has 0 radical (unpaired) electrons. The first-order valence-electron chi connectivity index (χ1n) is 9.47. The fourth-order valence-corrected chi connectivity index (χ4v) is 3.27. The molecule has 10 heteroatoms. The molecule has 1 amide bonds. The van der Waals surface area contributed by atoms with E-state index in [1.54, 1.807) is 18.2 Å². The van der Waals surface area contributed by atoms with Crippen LogP contribution in [0.1, 0.15) is 24.2 Å². The number of halogens is 2. The van der Waals surface area contributed by atoms with Gasteiger partial charge in [-0.05, 0) is 30.3 Å². The number of hydrogen-bond donors (Lipinski definition) is 2. The molecule has 0 spiro atoms. The van der Waals surface area contributed by atoms with Crippen molar-refractivity contribution in [2.75, 3.05) is 5.32 Å². The van der Waals surface area contributed by atoms with Crippen LogP contribution in [0.25, 0.3) is 22.6 Å². The lowest BCUT2D eigenvalue weighted by Crippen LogP contribution is -2.12. The fraction of sp³-hybridized carbons (Fsp3) is 0.0909. The van der Waals surface area contributed by atoms with Crippen LogP contribution in [-0.4, -0.2) is 20.9 Å². The SMILES string of the molecule is CC.O=C(Nc1ccc([N+](=O)[O-])cc1Cl)c1cc(Cl)c(-c2nc3ccccc3o2)cc1O. The number of phenolic OH excluding ortho intramolecular Hbond substituents is 1. The summed E-state index contributed by atoms with van der Waals surface area (Å²) in [6.07, 6.45) is 0. The van der Waals surface area contributed by atoms with Crippen LogP contribution in [0.15, 0.2) is 59.0 Å². The Morgan fingerprint density at radius 2 is 1.81 bits per heavy atom. The summed E-state index contributed by atoms with van der Waals surface area (Å²) >= 11 is 12.3. The number of non-ortho nitro benzene ring substituents is 1. The Morgan fingerprint density at radius 1 is 1.09 bits per heavy atom. The van der Waals surface area contributed by atoms with Crippen molar-refractivity contribution < 1.29 is 19.2 Å². The molecule has 0 atom stereocenters. The predicted octanol–water partition coefficient (Wildman–Crippen LogP) is 6.69. The number of fused-ring (bicyclic) bond motifs is 1. The number of nitro groups is 1. The maximum absolute atomic E-state index is 12.6. The molecule has 0 saturated carbocycles. The van der Waals surface area contributed by atoms with E-state index in [9.17, 15) is 20.0 Å². The number of rotatable bonds is 4. The monoisotopic (exact) mass is 473 g/mol. The lowest BCUT2D eigenvalue weighted by Gasteiger charge is -2.10. The first kappa shape index (κ1) is 23.1. The van der Waals surface area contributed by atoms with E-state index in [0.717, 1.165) is 6.07 Å². The third-order valence-corrected chi connectivity index (χ3v) is 4.89. The molecule has 1 aromatic heterocycles. The Hall–Kier alpha value is -3.62. The minimum Gasteiger partial charge on any atom is -0.507 e. The van der Waals surface area contributed by atoms with Crippen LogP contribution in [0.2, 0.25) is 10.0 Å². The Morgan fingerprint density at radius 3 is 2.47 bits per heavy atom. The molecule has 0 saturated heterocycles. The van der Waals surface area contributed by atoms with Crippen molar-refractivity contribution >= 4 is 51.6 Å². The van der Waals surface area contributed by atoms with Crippen molar-refractivity contribution in [3.05, 3.63) is 80.3 Å². The predicted molar refractivity (Wildman–Crippen MR) is 124 cm³/mol. The van der Waals surface area contributed by atoms with E-state index in [1.807, 2.05) is 19.9 Å². The number of nitro benzene ring substituents is 1. The van der Waals surface area contributed by atoms with Gasteiger partial charge in [0.2, 0.25) is 5.89 Å². The summed E-state index contributed by atoms with van der Waals surface area (Å²) in [5, 5.41) is 23.8. The normalized spacial score (nSPS) is 10.4. The second-order valence-electron chi connectivity index (χ2n) is 6.21. The van der Waals surface area contributed by atoms with Gasteiger partial charge >= 0.3 is 0 Å². The number of para-hydroxylation sites is 2. The maximum Gasteiger partial charge on any atom is 0.271 e. The van der Waals surface area contributed by atoms with Gasteiger partial charge in [0.15, 0.2) is 5.58 Å². The number of nitrogens with zero attached hydrogens (tertiary/aromatic N) is 2. The van der Waals surface area contributed by atoms with Crippen LogP contribution in [0.3, 0.4) is 0 Å². The van der Waals surface area contributed by atoms with Crippen molar-refractivity contribution in [2.24, 2.45) is 0 Å². The Kier molecular flexibility index (Phi) is 6.97. The Bertz CT molecular complexity index is 1290. The minimum absolute atomic E-state index is 0.0220. The molecule has 2 N–H and O–H groups in total. The van der Waals surface area contributed by atoms with Gasteiger partial charge in [-0.2, -0.15) is 0 Å². The molecule has 0 aliphatic carbocycles. The van der Waals surface area contributed by atoms with Crippen LogP contribution in [0, 0.1) is 10.1 Å². The summed E-state index contributed by atoms with van der Waals surface area (Å²) < 4.78 is 5.65. The van der Waals surface area contributed by atoms with Crippen LogP contribution < -0.4 is 5.32 Å². The van der Waals surface area contributed by atoms with Crippen molar-refractivity contribution in [1.82, 2.24) is 4.98 Å². The zero-order valence-electron chi connectivity index (χ0n) is 16.9. The number of carbonyl (C=O) groups is 1. The number of oxazole rings is 1. The highest BCUT2D eigenvalue weighted by Gasteiger charge is 2.20. The lowest BCUT2D eigenvalue weighted by atomic mass is 10.1. The van der Waals surface area contributed by atoms with Crippen LogP contribution >= 0.6 is 23.2 Å². The summed E-state index contributed by atoms with van der Waals surface area (Å²) in [4.78, 5) is 27.1. The van der Waals surface area contributed by atoms with E-state index in [1.165, 1.54) is 24.3 Å². The number of anilines is 1. The summed E-state index contributed by atoms with van der Waals surface area (Å²) in [6, 6.07) is 13.3. The molecule has 32 heavy (non-hydrogen) atoms. The topological polar surface area (TPSA) is 118 Å². The molecule has 0 aliphatic heterocycles. The highest BCUT2D eigenvalue weighted by molar-refractivity contribution is 6.35.